The Morgan fingerprint density at radius 1 is 1.18 bits per heavy atom. The van der Waals surface area contributed by atoms with Crippen LogP contribution in [-0.4, -0.2) is 64.6 Å². The van der Waals surface area contributed by atoms with E-state index in [0.717, 1.165) is 12.8 Å². The Labute approximate surface area is 224 Å². The van der Waals surface area contributed by atoms with Crippen LogP contribution in [0.15, 0.2) is 10.6 Å². The lowest BCUT2D eigenvalue weighted by Gasteiger charge is -2.31. The largest absolute Gasteiger partial charge is 0.455 e. The van der Waals surface area contributed by atoms with Crippen molar-refractivity contribution < 1.29 is 36.7 Å². The van der Waals surface area contributed by atoms with E-state index in [4.69, 9.17) is 9.15 Å². The lowest BCUT2D eigenvalue weighted by Crippen LogP contribution is -2.42. The van der Waals surface area contributed by atoms with E-state index in [-0.39, 0.29) is 54.3 Å². The highest BCUT2D eigenvalue weighted by atomic mass is 19.4. The van der Waals surface area contributed by atoms with Crippen molar-refractivity contribution in [2.24, 2.45) is 5.92 Å². The van der Waals surface area contributed by atoms with Crippen molar-refractivity contribution in [3.8, 4) is 11.3 Å². The quantitative estimate of drug-likeness (QED) is 0.524. The minimum absolute atomic E-state index is 0.113. The van der Waals surface area contributed by atoms with Gasteiger partial charge in [-0.15, -0.1) is 0 Å². The van der Waals surface area contributed by atoms with Crippen LogP contribution in [-0.2, 0) is 33.5 Å². The number of carbonyl (C=O) groups is 3. The summed E-state index contributed by atoms with van der Waals surface area (Å²) in [5, 5.41) is 7.11. The first kappa shape index (κ1) is 27.4. The topological polar surface area (TPSA) is 107 Å². The van der Waals surface area contributed by atoms with E-state index in [2.05, 4.69) is 10.4 Å². The van der Waals surface area contributed by atoms with E-state index >= 15 is 0 Å². The maximum absolute atomic E-state index is 14.4. The summed E-state index contributed by atoms with van der Waals surface area (Å²) in [5.74, 6) is -2.38. The molecule has 2 fully saturated rings. The molecule has 0 aromatic carbocycles. The van der Waals surface area contributed by atoms with Crippen LogP contribution in [0.2, 0.25) is 0 Å². The molecule has 1 N–H and O–H groups in total. The molecule has 9 nitrogen and oxygen atoms in total. The van der Waals surface area contributed by atoms with Gasteiger partial charge in [-0.3, -0.25) is 19.1 Å². The van der Waals surface area contributed by atoms with Crippen LogP contribution in [0.3, 0.4) is 0 Å². The van der Waals surface area contributed by atoms with Gasteiger partial charge in [-0.1, -0.05) is 13.8 Å². The number of ketones is 1. The lowest BCUT2D eigenvalue weighted by atomic mass is 9.86. The van der Waals surface area contributed by atoms with Gasteiger partial charge in [-0.05, 0) is 37.5 Å². The molecule has 12 heteroatoms. The van der Waals surface area contributed by atoms with E-state index in [0.29, 0.717) is 44.6 Å². The number of aromatic nitrogens is 2. The molecule has 0 unspecified atom stereocenters. The van der Waals surface area contributed by atoms with Crippen LogP contribution in [0.1, 0.15) is 79.3 Å². The zero-order valence-corrected chi connectivity index (χ0v) is 22.1. The molecular weight excluding hydrogens is 517 g/mol. The van der Waals surface area contributed by atoms with Gasteiger partial charge in [-0.2, -0.15) is 18.3 Å². The summed E-state index contributed by atoms with van der Waals surface area (Å²) in [6.45, 7) is 5.64. The molecule has 4 heterocycles. The second kappa shape index (κ2) is 10.8. The monoisotopic (exact) mass is 550 g/mol. The van der Waals surface area contributed by atoms with Gasteiger partial charge in [0.25, 0.3) is 11.8 Å². The Kier molecular flexibility index (Phi) is 7.58. The summed E-state index contributed by atoms with van der Waals surface area (Å²) in [4.78, 5) is 38.3. The van der Waals surface area contributed by atoms with E-state index in [1.54, 1.807) is 22.7 Å². The number of piperidine rings is 1. The fraction of sp³-hybridized carbons (Fsp3) is 0.630. The average Bonchev–Trinajstić information content (AvgIpc) is 3.65. The maximum Gasteiger partial charge on any atom is 0.420 e. The highest BCUT2D eigenvalue weighted by molar-refractivity contribution is 6.35. The number of likely N-dealkylation sites (tertiary alicyclic amines) is 1. The highest BCUT2D eigenvalue weighted by Gasteiger charge is 2.46. The van der Waals surface area contributed by atoms with E-state index in [1.165, 1.54) is 0 Å². The third-order valence-corrected chi connectivity index (χ3v) is 7.94. The van der Waals surface area contributed by atoms with Crippen molar-refractivity contribution >= 4 is 17.6 Å². The van der Waals surface area contributed by atoms with Gasteiger partial charge in [0.05, 0.1) is 17.4 Å². The zero-order valence-electron chi connectivity index (χ0n) is 22.1. The van der Waals surface area contributed by atoms with Crippen LogP contribution in [0.5, 0.6) is 0 Å². The van der Waals surface area contributed by atoms with E-state index < -0.39 is 35.1 Å². The number of alkyl halides is 3. The van der Waals surface area contributed by atoms with Crippen molar-refractivity contribution in [2.45, 2.75) is 77.1 Å². The second-order valence-electron chi connectivity index (χ2n) is 10.7. The molecule has 2 amide bonds. The van der Waals surface area contributed by atoms with Gasteiger partial charge in [0.1, 0.15) is 11.3 Å². The number of hydrogen-bond acceptors (Lipinski definition) is 6. The molecule has 0 spiro atoms. The first-order valence-electron chi connectivity index (χ1n) is 13.6. The third kappa shape index (κ3) is 5.48. The van der Waals surface area contributed by atoms with Gasteiger partial charge < -0.3 is 19.4 Å². The highest BCUT2D eigenvalue weighted by Crippen LogP contribution is 2.48. The summed E-state index contributed by atoms with van der Waals surface area (Å²) < 4.78 is 55.8. The Morgan fingerprint density at radius 2 is 1.92 bits per heavy atom. The van der Waals surface area contributed by atoms with E-state index in [1.807, 2.05) is 6.92 Å². The van der Waals surface area contributed by atoms with Crippen molar-refractivity contribution in [2.75, 3.05) is 26.2 Å². The summed E-state index contributed by atoms with van der Waals surface area (Å²) in [6, 6.07) is 0. The van der Waals surface area contributed by atoms with E-state index in [9.17, 15) is 27.6 Å². The van der Waals surface area contributed by atoms with Gasteiger partial charge in [0.15, 0.2) is 0 Å². The van der Waals surface area contributed by atoms with Crippen molar-refractivity contribution in [3.63, 3.8) is 0 Å². The molecule has 212 valence electrons. The third-order valence-electron chi connectivity index (χ3n) is 7.94. The molecule has 0 bridgehead atoms. The Balaban J connectivity index is 1.36. The Bertz CT molecular complexity index is 1250. The summed E-state index contributed by atoms with van der Waals surface area (Å²) >= 11 is 0. The van der Waals surface area contributed by atoms with Gasteiger partial charge >= 0.3 is 6.18 Å². The van der Waals surface area contributed by atoms with Crippen molar-refractivity contribution in [1.82, 2.24) is 20.0 Å². The Morgan fingerprint density at radius 3 is 2.56 bits per heavy atom. The molecule has 2 aromatic rings. The number of furan rings is 1. The smallest absolute Gasteiger partial charge is 0.420 e. The molecule has 39 heavy (non-hydrogen) atoms. The molecule has 2 saturated heterocycles. The minimum Gasteiger partial charge on any atom is -0.455 e. The number of ether oxygens (including phenoxy) is 1. The molecule has 1 aliphatic carbocycles. The molecular formula is C27H33F3N4O5. The zero-order chi connectivity index (χ0) is 27.9. The molecule has 0 radical (unpaired) electrons. The first-order chi connectivity index (χ1) is 18.6. The molecule has 0 saturated carbocycles. The van der Waals surface area contributed by atoms with Gasteiger partial charge in [-0.25, -0.2) is 0 Å². The van der Waals surface area contributed by atoms with Crippen LogP contribution in [0.25, 0.3) is 11.3 Å². The number of nitrogens with zero attached hydrogens (tertiary/aromatic N) is 3. The summed E-state index contributed by atoms with van der Waals surface area (Å²) in [5.41, 5.74) is -0.372. The standard InChI is InChI=1S/C27H33F3N4O5/c1-3-19(35)26(37)33-8-6-16(7-9-33)13-34-14-18-15(2)11-20-21(23(18)32-34)22(27(28,29)30)24(39-20)25(36)31-12-17-5-4-10-38-17/h14-17H,3-13H2,1-2H3,(H,31,36)/t15-,17+/m1/s1. The van der Waals surface area contributed by atoms with Crippen molar-refractivity contribution in [1.29, 1.82) is 0 Å². The molecule has 5 rings (SSSR count). The predicted molar refractivity (Wildman–Crippen MR) is 133 cm³/mol. The fourth-order valence-corrected chi connectivity index (χ4v) is 5.78. The predicted octanol–water partition coefficient (Wildman–Crippen LogP) is 3.95. The Hall–Kier alpha value is -3.15. The molecule has 2 aromatic heterocycles. The van der Waals surface area contributed by atoms with Gasteiger partial charge in [0.2, 0.25) is 11.5 Å². The van der Waals surface area contributed by atoms with Crippen LogP contribution >= 0.6 is 0 Å². The fourth-order valence-electron chi connectivity index (χ4n) is 5.78. The number of amides is 2. The number of Topliss-reactive ketones (excluding diaryl/α,β-unsaturated/α-hetero) is 1. The van der Waals surface area contributed by atoms with Crippen LogP contribution in [0.4, 0.5) is 13.2 Å². The molecule has 2 aliphatic heterocycles. The van der Waals surface area contributed by atoms with Crippen LogP contribution in [0, 0.1) is 5.92 Å². The number of nitrogens with one attached hydrogen (secondary N) is 1. The molecule has 3 aliphatic rings. The summed E-state index contributed by atoms with van der Waals surface area (Å²) in [7, 11) is 0. The normalized spacial score (nSPS) is 21.5. The first-order valence-corrected chi connectivity index (χ1v) is 13.6. The maximum atomic E-state index is 14.4. The van der Waals surface area contributed by atoms with Crippen molar-refractivity contribution in [3.05, 3.63) is 28.8 Å². The number of hydrogen-bond donors (Lipinski definition) is 1. The molecule has 2 atom stereocenters. The SMILES string of the molecule is CCC(=O)C(=O)N1CCC(Cn2cc3c(n2)-c2c(oc(C(=O)NC[C@@H]4CCCO4)c2C(F)(F)F)C[C@H]3C)CC1. The van der Waals surface area contributed by atoms with Gasteiger partial charge in [0, 0.05) is 57.4 Å². The van der Waals surface area contributed by atoms with Crippen LogP contribution < -0.4 is 5.32 Å². The minimum atomic E-state index is -4.81. The number of fused-ring (bicyclic) bond motifs is 3. The average molecular weight is 551 g/mol. The second-order valence-corrected chi connectivity index (χ2v) is 10.7. The number of carbonyl (C=O) groups excluding carboxylic acids is 3. The number of halogens is 3. The number of rotatable bonds is 7. The lowest BCUT2D eigenvalue weighted by molar-refractivity contribution is -0.145. The summed E-state index contributed by atoms with van der Waals surface area (Å²) in [6.07, 6.45) is 0.0775.